The average molecular weight is 628 g/mol. The first-order valence-corrected chi connectivity index (χ1v) is 17.0. The topological polar surface area (TPSA) is 16.4 Å². The predicted molar refractivity (Wildman–Crippen MR) is 206 cm³/mol. The Labute approximate surface area is 285 Å². The number of benzene rings is 8. The molecule has 49 heavy (non-hydrogen) atoms. The Morgan fingerprint density at radius 1 is 0.449 bits per heavy atom. The first kappa shape index (κ1) is 27.9. The summed E-state index contributed by atoms with van der Waals surface area (Å²) in [5.74, 6) is 0. The summed E-state index contributed by atoms with van der Waals surface area (Å²) in [6, 6.07) is 59.4. The van der Waals surface area contributed by atoms with E-state index in [1.54, 1.807) is 0 Å². The molecule has 0 bridgehead atoms. The van der Waals surface area contributed by atoms with Gasteiger partial charge in [-0.15, -0.1) is 0 Å². The molecule has 0 saturated carbocycles. The van der Waals surface area contributed by atoms with Crippen LogP contribution < -0.4 is 4.90 Å². The van der Waals surface area contributed by atoms with E-state index in [4.69, 9.17) is 4.42 Å². The van der Waals surface area contributed by atoms with E-state index in [1.807, 2.05) is 12.1 Å². The van der Waals surface area contributed by atoms with Crippen LogP contribution in [-0.4, -0.2) is 0 Å². The molecular formula is C47H33NO. The van der Waals surface area contributed by atoms with Gasteiger partial charge in [0.2, 0.25) is 0 Å². The minimum atomic E-state index is -0.0564. The summed E-state index contributed by atoms with van der Waals surface area (Å²) in [6.45, 7) is 4.71. The van der Waals surface area contributed by atoms with Crippen LogP contribution in [0.2, 0.25) is 0 Å². The van der Waals surface area contributed by atoms with Gasteiger partial charge in [-0.3, -0.25) is 0 Å². The monoisotopic (exact) mass is 627 g/mol. The molecule has 232 valence electrons. The third-order valence-corrected chi connectivity index (χ3v) is 10.6. The number of furan rings is 1. The van der Waals surface area contributed by atoms with E-state index in [2.05, 4.69) is 170 Å². The molecule has 0 unspecified atom stereocenters. The van der Waals surface area contributed by atoms with Gasteiger partial charge in [-0.2, -0.15) is 0 Å². The molecule has 1 aromatic heterocycles. The van der Waals surface area contributed by atoms with Crippen LogP contribution in [0.5, 0.6) is 0 Å². The molecule has 8 aromatic carbocycles. The van der Waals surface area contributed by atoms with E-state index >= 15 is 0 Å². The molecule has 10 rings (SSSR count). The summed E-state index contributed by atoms with van der Waals surface area (Å²) in [5, 5.41) is 7.31. The Balaban J connectivity index is 1.17. The number of rotatable bonds is 4. The quantitative estimate of drug-likeness (QED) is 0.181. The summed E-state index contributed by atoms with van der Waals surface area (Å²) in [7, 11) is 0. The second-order valence-electron chi connectivity index (χ2n) is 13.7. The minimum Gasteiger partial charge on any atom is -0.455 e. The fraction of sp³-hybridized carbons (Fsp3) is 0.0638. The molecule has 1 aliphatic rings. The van der Waals surface area contributed by atoms with Crippen LogP contribution in [-0.2, 0) is 5.41 Å². The van der Waals surface area contributed by atoms with Crippen LogP contribution in [0.25, 0.3) is 65.7 Å². The van der Waals surface area contributed by atoms with Gasteiger partial charge >= 0.3 is 0 Å². The molecule has 0 spiro atoms. The SMILES string of the molecule is CC1(C)c2ccccc2-c2cc3ccc4c(N(c5ccccc5)c5cccc(-c6cccc7c6oc6ccccc67)c5)cccc4c3cc21. The zero-order valence-electron chi connectivity index (χ0n) is 27.4. The normalized spacial score (nSPS) is 13.3. The van der Waals surface area contributed by atoms with Crippen molar-refractivity contribution in [3.63, 3.8) is 0 Å². The van der Waals surface area contributed by atoms with Gasteiger partial charge in [-0.25, -0.2) is 0 Å². The molecule has 1 heterocycles. The van der Waals surface area contributed by atoms with Gasteiger partial charge in [-0.1, -0.05) is 129 Å². The van der Waals surface area contributed by atoms with Crippen LogP contribution in [0.3, 0.4) is 0 Å². The van der Waals surface area contributed by atoms with E-state index < -0.39 is 0 Å². The van der Waals surface area contributed by atoms with Crippen LogP contribution >= 0.6 is 0 Å². The third-order valence-electron chi connectivity index (χ3n) is 10.6. The summed E-state index contributed by atoms with van der Waals surface area (Å²) < 4.78 is 6.46. The van der Waals surface area contributed by atoms with Gasteiger partial charge in [0.05, 0.1) is 5.69 Å². The zero-order valence-corrected chi connectivity index (χ0v) is 27.4. The largest absolute Gasteiger partial charge is 0.455 e. The van der Waals surface area contributed by atoms with Crippen LogP contribution in [0, 0.1) is 0 Å². The minimum absolute atomic E-state index is 0.0564. The number of hydrogen-bond acceptors (Lipinski definition) is 2. The molecule has 0 fully saturated rings. The van der Waals surface area contributed by atoms with Gasteiger partial charge in [-0.05, 0) is 92.5 Å². The Kier molecular flexibility index (Phi) is 5.95. The highest BCUT2D eigenvalue weighted by atomic mass is 16.3. The molecule has 0 N–H and O–H groups in total. The summed E-state index contributed by atoms with van der Waals surface area (Å²) in [6.07, 6.45) is 0. The highest BCUT2D eigenvalue weighted by Crippen LogP contribution is 2.51. The van der Waals surface area contributed by atoms with Crippen molar-refractivity contribution < 1.29 is 4.42 Å². The van der Waals surface area contributed by atoms with E-state index in [1.165, 1.54) is 43.8 Å². The molecular weight excluding hydrogens is 595 g/mol. The van der Waals surface area contributed by atoms with Crippen molar-refractivity contribution in [3.8, 4) is 22.3 Å². The van der Waals surface area contributed by atoms with Crippen molar-refractivity contribution in [2.45, 2.75) is 19.3 Å². The zero-order chi connectivity index (χ0) is 32.7. The maximum absolute atomic E-state index is 6.46. The predicted octanol–water partition coefficient (Wildman–Crippen LogP) is 13.3. The fourth-order valence-electron chi connectivity index (χ4n) is 8.26. The lowest BCUT2D eigenvalue weighted by atomic mass is 9.81. The smallest absolute Gasteiger partial charge is 0.143 e. The molecule has 0 amide bonds. The molecule has 0 atom stereocenters. The molecule has 0 aliphatic heterocycles. The van der Waals surface area contributed by atoms with Crippen LogP contribution in [0.1, 0.15) is 25.0 Å². The molecule has 2 heteroatoms. The summed E-state index contributed by atoms with van der Waals surface area (Å²) in [5.41, 5.74) is 12.8. The third kappa shape index (κ3) is 4.14. The number of anilines is 3. The lowest BCUT2D eigenvalue weighted by molar-refractivity contribution is 0.661. The highest BCUT2D eigenvalue weighted by molar-refractivity contribution is 6.14. The van der Waals surface area contributed by atoms with E-state index in [0.717, 1.165) is 50.1 Å². The Hall–Kier alpha value is -6.12. The Morgan fingerprint density at radius 3 is 2.08 bits per heavy atom. The number of nitrogens with zero attached hydrogens (tertiary/aromatic N) is 1. The highest BCUT2D eigenvalue weighted by Gasteiger charge is 2.35. The number of para-hydroxylation sites is 3. The van der Waals surface area contributed by atoms with E-state index in [9.17, 15) is 0 Å². The van der Waals surface area contributed by atoms with Crippen molar-refractivity contribution in [1.82, 2.24) is 0 Å². The van der Waals surface area contributed by atoms with Crippen LogP contribution in [0.15, 0.2) is 168 Å². The molecule has 2 nitrogen and oxygen atoms in total. The molecule has 0 saturated heterocycles. The average Bonchev–Trinajstić information content (AvgIpc) is 3.64. The first-order chi connectivity index (χ1) is 24.1. The van der Waals surface area contributed by atoms with E-state index in [-0.39, 0.29) is 5.41 Å². The lowest BCUT2D eigenvalue weighted by Gasteiger charge is -2.27. The van der Waals surface area contributed by atoms with Crippen molar-refractivity contribution in [2.75, 3.05) is 4.90 Å². The lowest BCUT2D eigenvalue weighted by Crippen LogP contribution is -2.14. The number of hydrogen-bond donors (Lipinski definition) is 0. The van der Waals surface area contributed by atoms with Gasteiger partial charge in [0.25, 0.3) is 0 Å². The standard InChI is InChI=1S/C47H33NO/c1-47(2)42-22-8-6-17-36(42)41-28-31-25-26-37-35(40(31)29-43(41)47)20-12-23-44(37)48(32-14-4-3-5-15-32)33-16-10-13-30(27-33)34-19-11-21-39-38-18-7-9-24-45(38)49-46(34)39/h3-29H,1-2H3. The number of fused-ring (bicyclic) bond motifs is 9. The van der Waals surface area contributed by atoms with Crippen molar-refractivity contribution in [1.29, 1.82) is 0 Å². The summed E-state index contributed by atoms with van der Waals surface area (Å²) in [4.78, 5) is 2.39. The molecule has 1 aliphatic carbocycles. The maximum atomic E-state index is 6.46. The second-order valence-corrected chi connectivity index (χ2v) is 13.7. The fourth-order valence-corrected chi connectivity index (χ4v) is 8.26. The molecule has 0 radical (unpaired) electrons. The van der Waals surface area contributed by atoms with Crippen molar-refractivity contribution in [2.24, 2.45) is 0 Å². The van der Waals surface area contributed by atoms with E-state index in [0.29, 0.717) is 0 Å². The first-order valence-electron chi connectivity index (χ1n) is 17.0. The van der Waals surface area contributed by atoms with Gasteiger partial charge in [0.15, 0.2) is 0 Å². The Morgan fingerprint density at radius 2 is 1.16 bits per heavy atom. The maximum Gasteiger partial charge on any atom is 0.143 e. The Bertz CT molecular complexity index is 2750. The van der Waals surface area contributed by atoms with Gasteiger partial charge in [0.1, 0.15) is 11.2 Å². The van der Waals surface area contributed by atoms with Gasteiger partial charge in [0, 0.05) is 38.5 Å². The van der Waals surface area contributed by atoms with Crippen molar-refractivity contribution >= 4 is 60.5 Å². The van der Waals surface area contributed by atoms with Crippen molar-refractivity contribution in [3.05, 3.63) is 175 Å². The second kappa shape index (κ2) is 10.4. The van der Waals surface area contributed by atoms with Crippen LogP contribution in [0.4, 0.5) is 17.1 Å². The van der Waals surface area contributed by atoms with Gasteiger partial charge < -0.3 is 9.32 Å². The summed E-state index contributed by atoms with van der Waals surface area (Å²) >= 11 is 0. The molecule has 9 aromatic rings.